The SMILES string of the molecule is Nc1c(C2(c3ncccn3)CC2)ccc2c1Cc1ccccc1-2.O=C(N[C@H]1CCN([C@@H]2CCCC[C@H]2O)C[C@@H]1C(=O)O)c1cc(-c2ccc(F)cc2F)on1. The Balaban J connectivity index is 0.000000163. The van der Waals surface area contributed by atoms with Crippen LogP contribution in [0.15, 0.2) is 83.6 Å². The van der Waals surface area contributed by atoms with Crippen LogP contribution >= 0.6 is 0 Å². The number of carboxylic acids is 1. The van der Waals surface area contributed by atoms with Crippen molar-refractivity contribution in [3.8, 4) is 22.5 Å². The van der Waals surface area contributed by atoms with Gasteiger partial charge in [-0.1, -0.05) is 54.4 Å². The van der Waals surface area contributed by atoms with Crippen molar-refractivity contribution in [1.82, 2.24) is 25.3 Å². The average Bonchev–Trinajstić information content (AvgIpc) is 3.67. The van der Waals surface area contributed by atoms with Gasteiger partial charge in [0.05, 0.1) is 23.0 Å². The summed E-state index contributed by atoms with van der Waals surface area (Å²) in [5.74, 6) is -3.23. The first-order chi connectivity index (χ1) is 26.6. The summed E-state index contributed by atoms with van der Waals surface area (Å²) in [4.78, 5) is 35.6. The van der Waals surface area contributed by atoms with E-state index < -0.39 is 41.6 Å². The number of carboxylic acid groups (broad SMARTS) is 1. The number of carbonyl (C=O) groups excluding carboxylic acids is 1. The number of fused-ring (bicyclic) bond motifs is 3. The van der Waals surface area contributed by atoms with Gasteiger partial charge in [0.25, 0.3) is 5.91 Å². The molecule has 3 fully saturated rings. The summed E-state index contributed by atoms with van der Waals surface area (Å²) in [5, 5.41) is 26.4. The van der Waals surface area contributed by atoms with Crippen molar-refractivity contribution in [2.45, 2.75) is 75.0 Å². The Hall–Kier alpha value is -5.53. The van der Waals surface area contributed by atoms with E-state index in [2.05, 4.69) is 56.8 Å². The van der Waals surface area contributed by atoms with Crippen LogP contribution in [0.4, 0.5) is 14.5 Å². The molecule has 5 N–H and O–H groups in total. The smallest absolute Gasteiger partial charge is 0.309 e. The average molecular weight is 749 g/mol. The summed E-state index contributed by atoms with van der Waals surface area (Å²) in [5.41, 5.74) is 13.8. The maximum Gasteiger partial charge on any atom is 0.309 e. The van der Waals surface area contributed by atoms with Gasteiger partial charge in [-0.2, -0.15) is 0 Å². The molecular formula is C42H42F2N6O5. The molecule has 284 valence electrons. The number of aliphatic hydroxyl groups is 1. The lowest BCUT2D eigenvalue weighted by Gasteiger charge is -2.43. The number of aromatic nitrogens is 3. The topological polar surface area (TPSA) is 168 Å². The van der Waals surface area contributed by atoms with Crippen molar-refractivity contribution in [2.75, 3.05) is 18.8 Å². The number of rotatable bonds is 7. The molecule has 4 atom stereocenters. The molecule has 3 heterocycles. The van der Waals surface area contributed by atoms with E-state index in [1.165, 1.54) is 39.9 Å². The molecule has 1 amide bonds. The van der Waals surface area contributed by atoms with Crippen LogP contribution in [0.3, 0.4) is 0 Å². The molecular weight excluding hydrogens is 706 g/mol. The summed E-state index contributed by atoms with van der Waals surface area (Å²) in [6.45, 7) is 0.786. The second-order valence-electron chi connectivity index (χ2n) is 15.0. The zero-order chi connectivity index (χ0) is 38.3. The molecule has 4 aliphatic rings. The van der Waals surface area contributed by atoms with Gasteiger partial charge in [0.15, 0.2) is 11.5 Å². The van der Waals surface area contributed by atoms with Gasteiger partial charge in [0, 0.05) is 61.8 Å². The largest absolute Gasteiger partial charge is 0.481 e. The number of likely N-dealkylation sites (tertiary alicyclic amines) is 1. The lowest BCUT2D eigenvalue weighted by atomic mass is 9.86. The van der Waals surface area contributed by atoms with Gasteiger partial charge in [-0.25, -0.2) is 18.7 Å². The minimum atomic E-state index is -1.03. The van der Waals surface area contributed by atoms with Crippen LogP contribution in [0.25, 0.3) is 22.5 Å². The fourth-order valence-corrected chi connectivity index (χ4v) is 8.60. The van der Waals surface area contributed by atoms with Gasteiger partial charge in [-0.15, -0.1) is 0 Å². The number of piperidine rings is 1. The fourth-order valence-electron chi connectivity index (χ4n) is 8.60. The molecule has 0 radical (unpaired) electrons. The molecule has 9 rings (SSSR count). The fraction of sp³-hybridized carbons (Fsp3) is 0.357. The predicted molar refractivity (Wildman–Crippen MR) is 200 cm³/mol. The van der Waals surface area contributed by atoms with Crippen LogP contribution in [0, 0.1) is 17.6 Å². The Morgan fingerprint density at radius 2 is 1.69 bits per heavy atom. The minimum absolute atomic E-state index is 0.0384. The molecule has 0 unspecified atom stereocenters. The van der Waals surface area contributed by atoms with Crippen molar-refractivity contribution < 1.29 is 33.1 Å². The van der Waals surface area contributed by atoms with Gasteiger partial charge in [0.1, 0.15) is 17.5 Å². The highest BCUT2D eigenvalue weighted by atomic mass is 19.1. The molecule has 2 aromatic heterocycles. The first-order valence-corrected chi connectivity index (χ1v) is 18.8. The van der Waals surface area contributed by atoms with Gasteiger partial charge < -0.3 is 25.8 Å². The number of nitrogens with zero attached hydrogens (tertiary/aromatic N) is 4. The van der Waals surface area contributed by atoms with Gasteiger partial charge in [0.2, 0.25) is 0 Å². The number of hydrogen-bond acceptors (Lipinski definition) is 9. The van der Waals surface area contributed by atoms with E-state index in [4.69, 9.17) is 10.3 Å². The zero-order valence-electron chi connectivity index (χ0n) is 30.1. The standard InChI is InChI=1S/C22H25F2N3O5.C20H17N3/c23-12-5-6-13(15(24)9-12)20-10-17(26-32-20)21(29)25-16-7-8-27(11-14(16)22(30)31)18-3-1-2-4-19(18)28;21-18-16-12-13-4-1-2-5-14(13)15(16)6-7-17(18)20(8-9-20)19-22-10-3-11-23-19/h5-6,9-10,14,16,18-19,28H,1-4,7-8,11H2,(H,25,29)(H,30,31);1-7,10-11H,8-9,12,21H2/t14-,16-,18+,19+;/m0./s1. The maximum absolute atomic E-state index is 14.0. The molecule has 3 aromatic carbocycles. The normalized spacial score (nSPS) is 22.5. The zero-order valence-corrected chi connectivity index (χ0v) is 30.1. The van der Waals surface area contributed by atoms with Gasteiger partial charge in [-0.3, -0.25) is 14.5 Å². The van der Waals surface area contributed by atoms with Crippen LogP contribution in [0.1, 0.15) is 77.9 Å². The Morgan fingerprint density at radius 1 is 0.927 bits per heavy atom. The first-order valence-electron chi connectivity index (χ1n) is 18.8. The molecule has 55 heavy (non-hydrogen) atoms. The molecule has 11 nitrogen and oxygen atoms in total. The number of carbonyl (C=O) groups is 2. The third-order valence-electron chi connectivity index (χ3n) is 11.7. The molecule has 1 saturated heterocycles. The van der Waals surface area contributed by atoms with Gasteiger partial charge >= 0.3 is 5.97 Å². The lowest BCUT2D eigenvalue weighted by Crippen LogP contribution is -2.58. The van der Waals surface area contributed by atoms with Crippen LogP contribution < -0.4 is 11.1 Å². The number of aliphatic hydroxyl groups excluding tert-OH is 1. The van der Waals surface area contributed by atoms with Crippen molar-refractivity contribution in [1.29, 1.82) is 0 Å². The number of aliphatic carboxylic acids is 1. The number of nitrogens with one attached hydrogen (secondary N) is 1. The predicted octanol–water partition coefficient (Wildman–Crippen LogP) is 6.14. The second-order valence-corrected chi connectivity index (χ2v) is 15.0. The van der Waals surface area contributed by atoms with E-state index in [0.717, 1.165) is 56.1 Å². The Labute approximate surface area is 316 Å². The summed E-state index contributed by atoms with van der Waals surface area (Å²) in [6, 6.07) is 18.4. The van der Waals surface area contributed by atoms with Crippen molar-refractivity contribution in [2.24, 2.45) is 5.92 Å². The number of benzene rings is 3. The number of nitrogens with two attached hydrogens (primary N) is 1. The highest BCUT2D eigenvalue weighted by Gasteiger charge is 2.50. The maximum atomic E-state index is 14.0. The number of anilines is 1. The first kappa shape index (κ1) is 36.4. The van der Waals surface area contributed by atoms with E-state index >= 15 is 0 Å². The van der Waals surface area contributed by atoms with E-state index in [9.17, 15) is 28.6 Å². The Bertz CT molecular complexity index is 2230. The molecule has 2 saturated carbocycles. The highest BCUT2D eigenvalue weighted by Crippen LogP contribution is 2.55. The molecule has 1 aliphatic heterocycles. The number of nitrogen functional groups attached to an aromatic ring is 1. The lowest BCUT2D eigenvalue weighted by molar-refractivity contribution is -0.145. The monoisotopic (exact) mass is 748 g/mol. The number of amides is 1. The second kappa shape index (κ2) is 15.0. The van der Waals surface area contributed by atoms with Crippen molar-refractivity contribution in [3.05, 3.63) is 119 Å². The third kappa shape index (κ3) is 7.09. The van der Waals surface area contributed by atoms with Crippen LogP contribution in [-0.2, 0) is 16.6 Å². The van der Waals surface area contributed by atoms with Crippen LogP contribution in [0.5, 0.6) is 0 Å². The summed E-state index contributed by atoms with van der Waals surface area (Å²) in [7, 11) is 0. The Morgan fingerprint density at radius 3 is 2.44 bits per heavy atom. The quantitative estimate of drug-likeness (QED) is 0.139. The Kier molecular flexibility index (Phi) is 9.91. The molecule has 5 aromatic rings. The molecule has 3 aliphatic carbocycles. The van der Waals surface area contributed by atoms with Crippen molar-refractivity contribution >= 4 is 17.6 Å². The van der Waals surface area contributed by atoms with E-state index in [0.29, 0.717) is 25.5 Å². The van der Waals surface area contributed by atoms with E-state index in [1.807, 2.05) is 23.4 Å². The summed E-state index contributed by atoms with van der Waals surface area (Å²) in [6.07, 6.45) is 10.2. The number of hydrogen-bond donors (Lipinski definition) is 4. The van der Waals surface area contributed by atoms with Gasteiger partial charge in [-0.05, 0) is 78.1 Å². The molecule has 0 bridgehead atoms. The van der Waals surface area contributed by atoms with E-state index in [1.54, 1.807) is 0 Å². The van der Waals surface area contributed by atoms with Crippen LogP contribution in [-0.4, -0.2) is 73.4 Å². The molecule has 13 heteroatoms. The molecule has 0 spiro atoms. The summed E-state index contributed by atoms with van der Waals surface area (Å²) < 4.78 is 32.1. The summed E-state index contributed by atoms with van der Waals surface area (Å²) >= 11 is 0. The van der Waals surface area contributed by atoms with E-state index in [-0.39, 0.29) is 35.0 Å². The van der Waals surface area contributed by atoms with Crippen molar-refractivity contribution in [3.63, 3.8) is 0 Å². The van der Waals surface area contributed by atoms with Crippen LogP contribution in [0.2, 0.25) is 0 Å². The minimum Gasteiger partial charge on any atom is -0.481 e. The third-order valence-corrected chi connectivity index (χ3v) is 11.7. The highest BCUT2D eigenvalue weighted by molar-refractivity contribution is 5.93. The number of halogens is 2.